The first-order chi connectivity index (χ1) is 21.7. The van der Waals surface area contributed by atoms with E-state index in [0.717, 1.165) is 28.0 Å². The molecule has 44 heavy (non-hydrogen) atoms. The van der Waals surface area contributed by atoms with Gasteiger partial charge in [0.15, 0.2) is 0 Å². The summed E-state index contributed by atoms with van der Waals surface area (Å²) in [6, 6.07) is 55.9. The van der Waals surface area contributed by atoms with Gasteiger partial charge < -0.3 is 4.57 Å². The van der Waals surface area contributed by atoms with E-state index in [2.05, 4.69) is 182 Å². The van der Waals surface area contributed by atoms with Gasteiger partial charge in [0.05, 0.1) is 11.0 Å². The van der Waals surface area contributed by atoms with E-state index in [9.17, 15) is 0 Å². The van der Waals surface area contributed by atoms with Gasteiger partial charge in [0, 0.05) is 16.5 Å². The lowest BCUT2D eigenvalue weighted by Gasteiger charge is -2.11. The van der Waals surface area contributed by atoms with Crippen molar-refractivity contribution < 1.29 is 0 Å². The predicted molar refractivity (Wildman–Crippen MR) is 190 cm³/mol. The molecule has 0 bridgehead atoms. The summed E-state index contributed by atoms with van der Waals surface area (Å²) in [6.07, 6.45) is 4.51. The molecule has 0 unspecified atom stereocenters. The van der Waals surface area contributed by atoms with Gasteiger partial charge in [-0.15, -0.1) is 0 Å². The van der Waals surface area contributed by atoms with E-state index in [1.165, 1.54) is 44.1 Å². The normalized spacial score (nSPS) is 12.1. The van der Waals surface area contributed by atoms with Gasteiger partial charge in [0.2, 0.25) is 0 Å². The molecule has 0 aliphatic heterocycles. The molecule has 0 radical (unpaired) electrons. The van der Waals surface area contributed by atoms with E-state index in [-0.39, 0.29) is 0 Å². The Morgan fingerprint density at radius 3 is 1.70 bits per heavy atom. The van der Waals surface area contributed by atoms with Gasteiger partial charge >= 0.3 is 0 Å². The molecule has 0 aliphatic carbocycles. The zero-order valence-corrected chi connectivity index (χ0v) is 24.8. The maximum atomic E-state index is 4.46. The molecule has 1 nitrogen and oxygen atoms in total. The zero-order valence-electron chi connectivity index (χ0n) is 24.8. The summed E-state index contributed by atoms with van der Waals surface area (Å²) in [5.41, 5.74) is 12.7. The van der Waals surface area contributed by atoms with Crippen molar-refractivity contribution in [1.29, 1.82) is 0 Å². The molecule has 0 saturated carbocycles. The fourth-order valence-corrected chi connectivity index (χ4v) is 6.02. The lowest BCUT2D eigenvalue weighted by Crippen LogP contribution is -1.93. The molecule has 0 amide bonds. The average molecular weight is 564 g/mol. The smallest absolute Gasteiger partial charge is 0.0541 e. The van der Waals surface area contributed by atoms with Crippen molar-refractivity contribution in [2.75, 3.05) is 0 Å². The first-order valence-electron chi connectivity index (χ1n) is 15.0. The number of allylic oxidation sites excluding steroid dienone is 5. The summed E-state index contributed by atoms with van der Waals surface area (Å²) in [5, 5.41) is 2.46. The molecule has 6 aromatic carbocycles. The third kappa shape index (κ3) is 5.32. The Morgan fingerprint density at radius 2 is 1.05 bits per heavy atom. The molecular formula is C43H33N. The van der Waals surface area contributed by atoms with Crippen molar-refractivity contribution in [1.82, 2.24) is 4.57 Å². The van der Waals surface area contributed by atoms with Crippen LogP contribution in [0.4, 0.5) is 0 Å². The van der Waals surface area contributed by atoms with E-state index in [1.807, 2.05) is 6.07 Å². The van der Waals surface area contributed by atoms with Crippen molar-refractivity contribution in [3.8, 4) is 16.8 Å². The van der Waals surface area contributed by atoms with Gasteiger partial charge in [0.25, 0.3) is 0 Å². The van der Waals surface area contributed by atoms with Gasteiger partial charge in [-0.1, -0.05) is 134 Å². The monoisotopic (exact) mass is 563 g/mol. The highest BCUT2D eigenvalue weighted by molar-refractivity contribution is 6.11. The van der Waals surface area contributed by atoms with Crippen LogP contribution in [0.1, 0.15) is 23.6 Å². The van der Waals surface area contributed by atoms with Crippen LogP contribution in [0.5, 0.6) is 0 Å². The third-order valence-electron chi connectivity index (χ3n) is 8.30. The van der Waals surface area contributed by atoms with E-state index < -0.39 is 0 Å². The van der Waals surface area contributed by atoms with E-state index in [0.29, 0.717) is 0 Å². The van der Waals surface area contributed by atoms with Crippen molar-refractivity contribution in [2.45, 2.75) is 6.92 Å². The number of hydrogen-bond acceptors (Lipinski definition) is 0. The van der Waals surface area contributed by atoms with Crippen molar-refractivity contribution in [3.63, 3.8) is 0 Å². The maximum absolute atomic E-state index is 4.46. The molecule has 0 N–H and O–H groups in total. The molecular weight excluding hydrogens is 530 g/mol. The quantitative estimate of drug-likeness (QED) is 0.170. The maximum Gasteiger partial charge on any atom is 0.0541 e. The van der Waals surface area contributed by atoms with Gasteiger partial charge in [-0.25, -0.2) is 0 Å². The van der Waals surface area contributed by atoms with Crippen molar-refractivity contribution in [3.05, 3.63) is 193 Å². The Labute approximate surface area is 259 Å². The van der Waals surface area contributed by atoms with Crippen molar-refractivity contribution in [2.24, 2.45) is 0 Å². The standard InChI is InChI=1S/C43H33N/c1-31(33-15-7-3-8-16-33)27-38(28-32(2)34-17-9-4-10-18-34)37-24-26-43-41(30-37)40-29-36(35-19-11-5-12-20-35)23-25-42(40)44(43)39-21-13-6-14-22-39/h3-30H,1H2,2H3/b32-28+,38-27+. The summed E-state index contributed by atoms with van der Waals surface area (Å²) in [4.78, 5) is 0. The van der Waals surface area contributed by atoms with Crippen LogP contribution in [-0.4, -0.2) is 4.57 Å². The fourth-order valence-electron chi connectivity index (χ4n) is 6.02. The number of benzene rings is 6. The molecule has 0 fully saturated rings. The van der Waals surface area contributed by atoms with Gasteiger partial charge in [-0.3, -0.25) is 0 Å². The SMILES string of the molecule is C=C(/C=C(\C=C(/C)c1ccccc1)c1ccc2c(c1)c1cc(-c3ccccc3)ccc1n2-c1ccccc1)c1ccccc1. The highest BCUT2D eigenvalue weighted by Crippen LogP contribution is 2.37. The number of fused-ring (bicyclic) bond motifs is 3. The Hall–Kier alpha value is -5.66. The Morgan fingerprint density at radius 1 is 0.500 bits per heavy atom. The number of rotatable bonds is 7. The number of aromatic nitrogens is 1. The van der Waals surface area contributed by atoms with Gasteiger partial charge in [-0.2, -0.15) is 0 Å². The second-order valence-electron chi connectivity index (χ2n) is 11.2. The van der Waals surface area contributed by atoms with Gasteiger partial charge in [0.1, 0.15) is 0 Å². The molecule has 0 aliphatic rings. The fraction of sp³-hybridized carbons (Fsp3) is 0.0233. The summed E-state index contributed by atoms with van der Waals surface area (Å²) in [6.45, 7) is 6.64. The molecule has 1 heteroatoms. The highest BCUT2D eigenvalue weighted by Gasteiger charge is 2.15. The van der Waals surface area contributed by atoms with Crippen LogP contribution in [0.15, 0.2) is 176 Å². The number of nitrogens with zero attached hydrogens (tertiary/aromatic N) is 1. The van der Waals surface area contributed by atoms with Crippen molar-refractivity contribution >= 4 is 38.5 Å². The third-order valence-corrected chi connectivity index (χ3v) is 8.30. The summed E-state index contributed by atoms with van der Waals surface area (Å²) >= 11 is 0. The second-order valence-corrected chi connectivity index (χ2v) is 11.2. The van der Waals surface area contributed by atoms with E-state index >= 15 is 0 Å². The topological polar surface area (TPSA) is 4.93 Å². The molecule has 1 heterocycles. The van der Waals surface area contributed by atoms with Crippen LogP contribution in [0.25, 0.3) is 55.3 Å². The number of para-hydroxylation sites is 1. The second kappa shape index (κ2) is 11.9. The number of hydrogen-bond donors (Lipinski definition) is 0. The molecule has 7 rings (SSSR count). The first kappa shape index (κ1) is 27.2. The molecule has 7 aromatic rings. The molecule has 0 saturated heterocycles. The molecule has 1 aromatic heterocycles. The predicted octanol–water partition coefficient (Wildman–Crippen LogP) is 11.7. The Bertz CT molecular complexity index is 2150. The average Bonchev–Trinajstić information content (AvgIpc) is 3.42. The minimum atomic E-state index is 0.982. The lowest BCUT2D eigenvalue weighted by atomic mass is 9.95. The minimum Gasteiger partial charge on any atom is -0.309 e. The van der Waals surface area contributed by atoms with Crippen LogP contribution in [0, 0.1) is 0 Å². The zero-order chi connectivity index (χ0) is 29.9. The van der Waals surface area contributed by atoms with Crippen LogP contribution < -0.4 is 0 Å². The van der Waals surface area contributed by atoms with Crippen LogP contribution in [-0.2, 0) is 0 Å². The van der Waals surface area contributed by atoms with Crippen LogP contribution in [0.2, 0.25) is 0 Å². The lowest BCUT2D eigenvalue weighted by molar-refractivity contribution is 1.18. The summed E-state index contributed by atoms with van der Waals surface area (Å²) in [7, 11) is 0. The molecule has 0 atom stereocenters. The largest absolute Gasteiger partial charge is 0.309 e. The molecule has 210 valence electrons. The molecule has 0 spiro atoms. The Kier molecular flexibility index (Phi) is 7.36. The minimum absolute atomic E-state index is 0.982. The van der Waals surface area contributed by atoms with E-state index in [4.69, 9.17) is 0 Å². The first-order valence-corrected chi connectivity index (χ1v) is 15.0. The summed E-state index contributed by atoms with van der Waals surface area (Å²) < 4.78 is 2.38. The van der Waals surface area contributed by atoms with Gasteiger partial charge in [-0.05, 0) is 93.9 Å². The van der Waals surface area contributed by atoms with Crippen LogP contribution in [0.3, 0.4) is 0 Å². The summed E-state index contributed by atoms with van der Waals surface area (Å²) in [5.74, 6) is 0. The highest BCUT2D eigenvalue weighted by atomic mass is 15.0. The van der Waals surface area contributed by atoms with E-state index in [1.54, 1.807) is 0 Å². The Balaban J connectivity index is 1.46. The van der Waals surface area contributed by atoms with Crippen LogP contribution >= 0.6 is 0 Å².